The molecule has 101 heavy (non-hydrogen) atoms. The van der Waals surface area contributed by atoms with Gasteiger partial charge in [0.15, 0.2) is 11.5 Å². The number of piperidine rings is 1. The lowest BCUT2D eigenvalue weighted by Crippen LogP contribution is -2.50. The van der Waals surface area contributed by atoms with Crippen LogP contribution in [0.25, 0.3) is 44.2 Å². The molecule has 7 aromatic carbocycles. The van der Waals surface area contributed by atoms with Gasteiger partial charge < -0.3 is 50.2 Å². The van der Waals surface area contributed by atoms with Crippen LogP contribution in [0.4, 0.5) is 0 Å². The normalized spacial score (nSPS) is 28.1. The summed E-state index contributed by atoms with van der Waals surface area (Å²) in [6.45, 7) is 4.13. The summed E-state index contributed by atoms with van der Waals surface area (Å²) < 4.78 is 13.4. The monoisotopic (exact) mass is 1470 g/mol. The highest BCUT2D eigenvalue weighted by molar-refractivity contribution is 8.77. The highest BCUT2D eigenvalue weighted by atomic mass is 33.1. The van der Waals surface area contributed by atoms with Gasteiger partial charge in [-0.1, -0.05) is 183 Å². The van der Waals surface area contributed by atoms with Gasteiger partial charge in [0, 0.05) is 83.1 Å². The maximum absolute atomic E-state index is 16.3. The van der Waals surface area contributed by atoms with Crippen molar-refractivity contribution >= 4 is 92.3 Å². The Hall–Kier alpha value is -5.22. The average Bonchev–Trinajstić information content (AvgIpc) is 0.849. The summed E-state index contributed by atoms with van der Waals surface area (Å²) in [5, 5.41) is 93.9. The number of Topliss-reactive ketones (excluding diaryl/α,β-unsaturated/α-hetero) is 1. The molecule has 0 radical (unpaired) electrons. The zero-order valence-electron chi connectivity index (χ0n) is 57.2. The van der Waals surface area contributed by atoms with E-state index in [4.69, 9.17) is 9.15 Å². The Morgan fingerprint density at radius 2 is 1.53 bits per heavy atom. The van der Waals surface area contributed by atoms with Crippen LogP contribution < -0.4 is 15.5 Å². The van der Waals surface area contributed by atoms with Gasteiger partial charge in [-0.25, -0.2) is 0 Å². The summed E-state index contributed by atoms with van der Waals surface area (Å²) >= 11 is 0. The van der Waals surface area contributed by atoms with Gasteiger partial charge in [-0.05, 0) is 202 Å². The minimum atomic E-state index is -1.10. The lowest BCUT2D eigenvalue weighted by molar-refractivity contribution is -0.127. The fourth-order valence-corrected chi connectivity index (χ4v) is 28.7. The SMILES string of the molecule is CC(C)Cc1cc2c3c(c1O)Cc1cccc(c1)C1NC4CSSCC(C(=O)C5(CCCCC5)c5ccc(cc5)CC56SSCCCC(O)C7CC(c8c(cc9c%10c(ccc5c8%10)CC(CCCO)C9CCO)-c5c(O)cc8oc-2c(O)c(=O)c8c5O7)C6O)c2cccc(c2)CC4CC1SSC3. The third-order valence-electron chi connectivity index (χ3n) is 24.5. The second-order valence-electron chi connectivity index (χ2n) is 30.9. The van der Waals surface area contributed by atoms with Gasteiger partial charge in [-0.15, -0.1) is 0 Å². The molecule has 1 saturated carbocycles. The summed E-state index contributed by atoms with van der Waals surface area (Å²) in [4.78, 5) is 32.5. The number of aliphatic hydroxyl groups excluding tert-OH is 4. The van der Waals surface area contributed by atoms with Crippen molar-refractivity contribution < 1.29 is 49.7 Å². The third-order valence-corrected chi connectivity index (χ3v) is 33.0. The van der Waals surface area contributed by atoms with Crippen LogP contribution in [-0.2, 0) is 52.8 Å². The van der Waals surface area contributed by atoms with Gasteiger partial charge in [-0.2, -0.15) is 0 Å². The fourth-order valence-electron chi connectivity index (χ4n) is 19.8. The van der Waals surface area contributed by atoms with Gasteiger partial charge in [0.05, 0.1) is 33.9 Å². The van der Waals surface area contributed by atoms with Crippen LogP contribution in [0.3, 0.4) is 0 Å². The zero-order valence-corrected chi connectivity index (χ0v) is 62.1. The minimum Gasteiger partial charge on any atom is -0.507 e. The first-order valence-corrected chi connectivity index (χ1v) is 44.0. The molecule has 12 unspecified atom stereocenters. The number of rotatable bonds is 7. The molecule has 18 heteroatoms. The van der Waals surface area contributed by atoms with E-state index in [2.05, 4.69) is 110 Å². The molecule has 528 valence electrons. The van der Waals surface area contributed by atoms with Gasteiger partial charge in [0.25, 0.3) is 0 Å². The van der Waals surface area contributed by atoms with Gasteiger partial charge >= 0.3 is 0 Å². The number of phenolic OH excluding ortho intramolecular Hbond substituents is 2. The van der Waals surface area contributed by atoms with E-state index >= 15 is 9.59 Å². The second kappa shape index (κ2) is 27.9. The van der Waals surface area contributed by atoms with Crippen molar-refractivity contribution in [2.24, 2.45) is 17.8 Å². The number of phenols is 2. The van der Waals surface area contributed by atoms with Gasteiger partial charge in [-0.3, -0.25) is 9.59 Å². The molecule has 2 spiro atoms. The average molecular weight is 1470 g/mol. The molecule has 21 bridgehead atoms. The Bertz CT molecular complexity index is 4630. The summed E-state index contributed by atoms with van der Waals surface area (Å²) in [6, 6.07) is 36.7. The number of aromatic hydroxyl groups is 3. The van der Waals surface area contributed by atoms with Crippen LogP contribution in [0.5, 0.6) is 23.0 Å². The number of ether oxygens (including phenoxy) is 1. The number of carbonyl (C=O) groups excluding carboxylic acids is 1. The van der Waals surface area contributed by atoms with Gasteiger partial charge in [0.2, 0.25) is 11.2 Å². The van der Waals surface area contributed by atoms with Gasteiger partial charge in [0.1, 0.15) is 34.3 Å². The van der Waals surface area contributed by atoms with E-state index in [9.17, 15) is 35.7 Å². The molecule has 0 amide bonds. The van der Waals surface area contributed by atoms with Crippen molar-refractivity contribution in [2.75, 3.05) is 30.5 Å². The van der Waals surface area contributed by atoms with Crippen molar-refractivity contribution in [3.8, 4) is 45.4 Å². The van der Waals surface area contributed by atoms with Crippen molar-refractivity contribution in [1.82, 2.24) is 5.32 Å². The Morgan fingerprint density at radius 3 is 2.35 bits per heavy atom. The summed E-state index contributed by atoms with van der Waals surface area (Å²) in [5.41, 5.74) is 12.2. The van der Waals surface area contributed by atoms with E-state index in [1.807, 2.05) is 38.4 Å². The summed E-state index contributed by atoms with van der Waals surface area (Å²) in [6.07, 6.45) is 7.88. The van der Waals surface area contributed by atoms with Crippen molar-refractivity contribution in [3.05, 3.63) is 186 Å². The maximum atomic E-state index is 16.3. The molecule has 1 aromatic heterocycles. The van der Waals surface area contributed by atoms with Crippen LogP contribution in [0.15, 0.2) is 112 Å². The predicted molar refractivity (Wildman–Crippen MR) is 415 cm³/mol. The summed E-state index contributed by atoms with van der Waals surface area (Å²) in [7, 11) is 10.7. The Kier molecular flexibility index (Phi) is 19.0. The van der Waals surface area contributed by atoms with E-state index in [0.29, 0.717) is 103 Å². The third kappa shape index (κ3) is 11.9. The number of benzene rings is 7. The van der Waals surface area contributed by atoms with Crippen LogP contribution in [0.1, 0.15) is 187 Å². The first-order chi connectivity index (χ1) is 49.1. The van der Waals surface area contributed by atoms with Crippen molar-refractivity contribution in [3.63, 3.8) is 0 Å². The van der Waals surface area contributed by atoms with E-state index in [-0.39, 0.29) is 106 Å². The molecule has 22 rings (SSSR count). The maximum Gasteiger partial charge on any atom is 0.238 e. The number of ketones is 1. The van der Waals surface area contributed by atoms with Crippen LogP contribution >= 0.6 is 64.8 Å². The molecule has 14 aliphatic rings. The van der Waals surface area contributed by atoms with Crippen LogP contribution in [-0.4, -0.2) is 102 Å². The van der Waals surface area contributed by atoms with Crippen molar-refractivity contribution in [1.29, 1.82) is 0 Å². The lowest BCUT2D eigenvalue weighted by atomic mass is 9.62. The number of hydrogen-bond acceptors (Lipinski definition) is 18. The highest BCUT2D eigenvalue weighted by Crippen LogP contribution is 2.65. The standard InChI is InChI=1S/C83H89NO11S6/c1-43(2)28-52-34-57-61-41-99-100-68-35-51-31-45-10-6-12-47(29-45)60(40-97-98-42-63(51)84-74(68)50-13-7-11-46(30-50)32-56(61)75(52)89)80(92)82(23-4-3-5-24-82)53-19-16-44(17-20-53)39-83-62-21-18-49-33-48(14-8-25-85)54(22-26-86)55-36-58-70(72(62)69(49)55)59(81(83)93)37-66(64(87)15-9-27-96-101-83)94-79-71(58)65(88)38-67-73(79)76(90)77(91)78(57)95-67/h6-7,10-13,16-21,29-30,34,36,38,43,48,51,54,59-60,63-64,66,68,74,81,84-89,91,93H,3-5,8-9,14-15,22-28,31-33,35,37,39-42H2,1-2H3. The van der Waals surface area contributed by atoms with Crippen LogP contribution in [0.2, 0.25) is 0 Å². The molecule has 8 N–H and O–H groups in total. The Labute approximate surface area is 614 Å². The fraction of sp³-hybridized carbons (Fsp3) is 0.470. The number of aliphatic hydroxyl groups is 4. The second-order valence-corrected chi connectivity index (χ2v) is 38.8. The summed E-state index contributed by atoms with van der Waals surface area (Å²) in [5.74, 6) is 1.21. The highest BCUT2D eigenvalue weighted by Gasteiger charge is 2.55. The zero-order chi connectivity index (χ0) is 69.2. The number of fused-ring (bicyclic) bond motifs is 4. The van der Waals surface area contributed by atoms with E-state index in [1.54, 1.807) is 32.4 Å². The van der Waals surface area contributed by atoms with Crippen LogP contribution in [0, 0.1) is 17.8 Å². The number of nitrogens with one attached hydrogen (secondary N) is 1. The van der Waals surface area contributed by atoms with E-state index in [1.165, 1.54) is 17.2 Å². The molecule has 8 aromatic rings. The quantitative estimate of drug-likeness (QED) is 0.0698. The Balaban J connectivity index is 0.937. The number of hydrogen-bond donors (Lipinski definition) is 8. The molecular weight excluding hydrogens is 1380 g/mol. The molecule has 12 atom stereocenters. The molecular formula is C83H89NO11S6. The minimum absolute atomic E-state index is 0.00402. The molecule has 2 saturated heterocycles. The first-order valence-electron chi connectivity index (χ1n) is 36.8. The Morgan fingerprint density at radius 1 is 0.733 bits per heavy atom. The molecule has 11 aliphatic heterocycles. The first kappa shape index (κ1) is 68.9. The lowest BCUT2D eigenvalue weighted by Gasteiger charge is -2.49. The van der Waals surface area contributed by atoms with E-state index < -0.39 is 45.6 Å². The predicted octanol–water partition coefficient (Wildman–Crippen LogP) is 17.0. The van der Waals surface area contributed by atoms with E-state index in [0.717, 1.165) is 112 Å². The van der Waals surface area contributed by atoms with Crippen molar-refractivity contribution in [2.45, 2.75) is 192 Å². The smallest absolute Gasteiger partial charge is 0.238 e. The molecule has 3 aliphatic carbocycles. The topological polar surface area (TPSA) is 210 Å². The largest absolute Gasteiger partial charge is 0.507 e. The molecule has 3 fully saturated rings. The molecule has 12 heterocycles. The molecule has 12 nitrogen and oxygen atoms in total. The number of carbonyl (C=O) groups is 1.